The Kier molecular flexibility index (Phi) is 6.55. The normalized spacial score (nSPS) is 20.8. The predicted molar refractivity (Wildman–Crippen MR) is 126 cm³/mol. The van der Waals surface area contributed by atoms with E-state index < -0.39 is 0 Å². The molecular weight excluding hydrogens is 424 g/mol. The highest BCUT2D eigenvalue weighted by atomic mass is 32.1. The van der Waals surface area contributed by atoms with Crippen LogP contribution in [0.5, 0.6) is 0 Å². The van der Waals surface area contributed by atoms with Gasteiger partial charge in [0.15, 0.2) is 0 Å². The summed E-state index contributed by atoms with van der Waals surface area (Å²) in [7, 11) is 0. The van der Waals surface area contributed by atoms with Gasteiger partial charge in [0.2, 0.25) is 0 Å². The minimum Gasteiger partial charge on any atom is -0.466 e. The lowest BCUT2D eigenvalue weighted by atomic mass is 9.68. The van der Waals surface area contributed by atoms with E-state index in [4.69, 9.17) is 9.15 Å². The Morgan fingerprint density at radius 1 is 1.19 bits per heavy atom. The second kappa shape index (κ2) is 9.36. The number of hydrogen-bond acceptors (Lipinski definition) is 5. The number of furan rings is 1. The quantitative estimate of drug-likeness (QED) is 0.518. The van der Waals surface area contributed by atoms with Gasteiger partial charge in [0.05, 0.1) is 5.56 Å². The molecule has 0 atom stereocenters. The van der Waals surface area contributed by atoms with Crippen LogP contribution in [0.25, 0.3) is 10.1 Å². The van der Waals surface area contributed by atoms with Crippen LogP contribution in [0.4, 0.5) is 4.79 Å². The first-order chi connectivity index (χ1) is 15.4. The Hall–Kier alpha value is -2.80. The minimum atomic E-state index is -0.356. The summed E-state index contributed by atoms with van der Waals surface area (Å²) < 4.78 is 12.4. The zero-order valence-corrected chi connectivity index (χ0v) is 19.6. The maximum absolute atomic E-state index is 12.9. The number of alkyl carbamates (subject to hydrolysis) is 1. The van der Waals surface area contributed by atoms with Gasteiger partial charge >= 0.3 is 6.09 Å². The van der Waals surface area contributed by atoms with Gasteiger partial charge < -0.3 is 19.8 Å². The van der Waals surface area contributed by atoms with E-state index in [1.807, 2.05) is 20.8 Å². The largest absolute Gasteiger partial charge is 0.466 e. The number of nitrogens with one attached hydrogen (secondary N) is 2. The van der Waals surface area contributed by atoms with Crippen LogP contribution in [0.15, 0.2) is 40.1 Å². The Morgan fingerprint density at radius 2 is 1.94 bits per heavy atom. The summed E-state index contributed by atoms with van der Waals surface area (Å²) in [5, 5.41) is 9.36. The van der Waals surface area contributed by atoms with Crippen LogP contribution in [-0.4, -0.2) is 31.2 Å². The number of rotatable bonds is 6. The number of carbonyl (C=O) groups is 2. The molecule has 2 heterocycles. The van der Waals surface area contributed by atoms with Crippen molar-refractivity contribution in [2.75, 3.05) is 13.1 Å². The van der Waals surface area contributed by atoms with Gasteiger partial charge in [0.25, 0.3) is 5.91 Å². The molecule has 6 nitrogen and oxygen atoms in total. The van der Waals surface area contributed by atoms with Gasteiger partial charge in [-0.3, -0.25) is 4.79 Å². The third-order valence-corrected chi connectivity index (χ3v) is 7.37. The maximum Gasteiger partial charge on any atom is 0.407 e. The van der Waals surface area contributed by atoms with E-state index in [9.17, 15) is 9.59 Å². The molecule has 0 spiro atoms. The van der Waals surface area contributed by atoms with E-state index in [1.54, 1.807) is 17.4 Å². The lowest BCUT2D eigenvalue weighted by Gasteiger charge is -2.40. The fraction of sp³-hybridized carbons (Fsp3) is 0.440. The van der Waals surface area contributed by atoms with Crippen LogP contribution < -0.4 is 10.6 Å². The molecule has 1 aromatic carbocycles. The van der Waals surface area contributed by atoms with Crippen LogP contribution >= 0.6 is 11.3 Å². The summed E-state index contributed by atoms with van der Waals surface area (Å²) in [4.78, 5) is 24.8. The van der Waals surface area contributed by atoms with Gasteiger partial charge in [0, 0.05) is 23.2 Å². The lowest BCUT2D eigenvalue weighted by molar-refractivity contribution is 0.0570. The van der Waals surface area contributed by atoms with Crippen LogP contribution in [-0.2, 0) is 10.2 Å². The summed E-state index contributed by atoms with van der Waals surface area (Å²) in [5.41, 5.74) is 1.65. The molecule has 2 aromatic heterocycles. The fourth-order valence-electron chi connectivity index (χ4n) is 4.73. The SMILES string of the molecule is CCNC(=O)O[C@H]1CC[C@@](CNC(=O)c2cc(C)oc2C)(c2csc3ccccc32)CC1. The van der Waals surface area contributed by atoms with E-state index >= 15 is 0 Å². The number of hydrogen-bond donors (Lipinski definition) is 2. The van der Waals surface area contributed by atoms with Crippen molar-refractivity contribution in [3.63, 3.8) is 0 Å². The molecule has 170 valence electrons. The van der Waals surface area contributed by atoms with Crippen molar-refractivity contribution in [3.8, 4) is 0 Å². The number of fused-ring (bicyclic) bond motifs is 1. The van der Waals surface area contributed by atoms with Crippen molar-refractivity contribution in [1.29, 1.82) is 0 Å². The second-order valence-electron chi connectivity index (χ2n) is 8.57. The van der Waals surface area contributed by atoms with Crippen molar-refractivity contribution in [1.82, 2.24) is 10.6 Å². The van der Waals surface area contributed by atoms with Crippen molar-refractivity contribution in [3.05, 3.63) is 58.4 Å². The van der Waals surface area contributed by atoms with Crippen LogP contribution in [0, 0.1) is 13.8 Å². The molecule has 0 aliphatic heterocycles. The molecule has 0 radical (unpaired) electrons. The van der Waals surface area contributed by atoms with Gasteiger partial charge in [-0.25, -0.2) is 4.79 Å². The van der Waals surface area contributed by atoms with Gasteiger partial charge in [0.1, 0.15) is 17.6 Å². The summed E-state index contributed by atoms with van der Waals surface area (Å²) in [6.45, 7) is 6.62. The molecule has 0 unspecified atom stereocenters. The van der Waals surface area contributed by atoms with Gasteiger partial charge in [-0.05, 0) is 74.9 Å². The first-order valence-corrected chi connectivity index (χ1v) is 12.1. The number of ether oxygens (including phenoxy) is 1. The standard InChI is InChI=1S/C25H30N2O4S/c1-4-26-24(29)31-18-9-11-25(12-10-18,21-14-32-22-8-6-5-7-19(21)22)15-27-23(28)20-13-16(2)30-17(20)3/h5-8,13-14,18H,4,9-12,15H2,1-3H3,(H,26,29)(H,27,28)/t18-,25+. The Balaban J connectivity index is 1.56. The zero-order valence-electron chi connectivity index (χ0n) is 18.8. The number of amides is 2. The van der Waals surface area contributed by atoms with Gasteiger partial charge in [-0.15, -0.1) is 11.3 Å². The first kappa shape index (κ1) is 22.4. The smallest absolute Gasteiger partial charge is 0.407 e. The molecule has 32 heavy (non-hydrogen) atoms. The third-order valence-electron chi connectivity index (χ3n) is 6.41. The molecular formula is C25H30N2O4S. The van der Waals surface area contributed by atoms with Crippen molar-refractivity contribution in [2.24, 2.45) is 0 Å². The maximum atomic E-state index is 12.9. The van der Waals surface area contributed by atoms with Gasteiger partial charge in [-0.2, -0.15) is 0 Å². The Morgan fingerprint density at radius 3 is 2.62 bits per heavy atom. The molecule has 4 rings (SSSR count). The number of aryl methyl sites for hydroxylation is 2. The monoisotopic (exact) mass is 454 g/mol. The number of carbonyl (C=O) groups excluding carboxylic acids is 2. The highest BCUT2D eigenvalue weighted by molar-refractivity contribution is 7.17. The highest BCUT2D eigenvalue weighted by Gasteiger charge is 2.40. The third kappa shape index (κ3) is 4.53. The van der Waals surface area contributed by atoms with E-state index in [2.05, 4.69) is 40.3 Å². The predicted octanol–water partition coefficient (Wildman–Crippen LogP) is 5.47. The Bertz CT molecular complexity index is 1110. The summed E-state index contributed by atoms with van der Waals surface area (Å²) in [6.07, 6.45) is 2.74. The van der Waals surface area contributed by atoms with E-state index in [-0.39, 0.29) is 23.5 Å². The zero-order chi connectivity index (χ0) is 22.7. The molecule has 1 aliphatic carbocycles. The van der Waals surface area contributed by atoms with E-state index in [0.717, 1.165) is 31.4 Å². The number of benzene rings is 1. The highest BCUT2D eigenvalue weighted by Crippen LogP contribution is 2.44. The van der Waals surface area contributed by atoms with E-state index in [0.29, 0.717) is 24.4 Å². The molecule has 7 heteroatoms. The minimum absolute atomic E-state index is 0.103. The first-order valence-electron chi connectivity index (χ1n) is 11.2. The van der Waals surface area contributed by atoms with Crippen molar-refractivity contribution in [2.45, 2.75) is 58.0 Å². The lowest BCUT2D eigenvalue weighted by Crippen LogP contribution is -2.45. The molecule has 2 N–H and O–H groups in total. The molecule has 1 saturated carbocycles. The molecule has 1 aliphatic rings. The summed E-state index contributed by atoms with van der Waals surface area (Å²) >= 11 is 1.74. The molecule has 0 bridgehead atoms. The molecule has 2 amide bonds. The van der Waals surface area contributed by atoms with Gasteiger partial charge in [-0.1, -0.05) is 18.2 Å². The molecule has 0 saturated heterocycles. The number of thiophene rings is 1. The molecule has 3 aromatic rings. The van der Waals surface area contributed by atoms with Crippen molar-refractivity contribution >= 4 is 33.4 Å². The Labute approximate surface area is 192 Å². The fourth-order valence-corrected chi connectivity index (χ4v) is 5.81. The van der Waals surface area contributed by atoms with Crippen LogP contribution in [0.1, 0.15) is 60.0 Å². The summed E-state index contributed by atoms with van der Waals surface area (Å²) in [5.74, 6) is 1.25. The van der Waals surface area contributed by atoms with Crippen LogP contribution in [0.2, 0.25) is 0 Å². The van der Waals surface area contributed by atoms with E-state index in [1.165, 1.54) is 15.6 Å². The average Bonchev–Trinajstić information content (AvgIpc) is 3.36. The molecule has 1 fully saturated rings. The van der Waals surface area contributed by atoms with Crippen molar-refractivity contribution < 1.29 is 18.7 Å². The second-order valence-corrected chi connectivity index (χ2v) is 9.48. The average molecular weight is 455 g/mol. The summed E-state index contributed by atoms with van der Waals surface area (Å²) in [6, 6.07) is 10.2. The topological polar surface area (TPSA) is 80.6 Å². The van der Waals surface area contributed by atoms with Crippen LogP contribution in [0.3, 0.4) is 0 Å².